The second kappa shape index (κ2) is 9.66. The predicted octanol–water partition coefficient (Wildman–Crippen LogP) is 2.74. The molecular formula is C10H24O3SSi. The van der Waals surface area contributed by atoms with E-state index in [0.717, 1.165) is 18.2 Å². The van der Waals surface area contributed by atoms with E-state index < -0.39 is 8.80 Å². The summed E-state index contributed by atoms with van der Waals surface area (Å²) in [7, 11) is 2.70. The second-order valence-corrected chi connectivity index (χ2v) is 7.07. The summed E-state index contributed by atoms with van der Waals surface area (Å²) in [5, 5.41) is 0. The molecule has 0 radical (unpaired) electrons. The van der Waals surface area contributed by atoms with Crippen molar-refractivity contribution in [2.24, 2.45) is 0 Å². The first-order valence-electron chi connectivity index (χ1n) is 5.51. The van der Waals surface area contributed by atoms with E-state index in [2.05, 4.69) is 12.6 Å². The lowest BCUT2D eigenvalue weighted by Crippen LogP contribution is -2.42. The van der Waals surface area contributed by atoms with E-state index in [1.54, 1.807) is 21.3 Å². The number of rotatable bonds is 10. The molecule has 92 valence electrons. The van der Waals surface area contributed by atoms with Crippen molar-refractivity contribution in [3.63, 3.8) is 0 Å². The Hall–Kier alpha value is 0.447. The summed E-state index contributed by atoms with van der Waals surface area (Å²) < 4.78 is 16.0. The summed E-state index contributed by atoms with van der Waals surface area (Å²) in [5.41, 5.74) is 0. The minimum absolute atomic E-state index is 0.914. The summed E-state index contributed by atoms with van der Waals surface area (Å²) in [6, 6.07) is 0.914. The van der Waals surface area contributed by atoms with Crippen molar-refractivity contribution in [3.8, 4) is 0 Å². The zero-order chi connectivity index (χ0) is 11.6. The minimum Gasteiger partial charge on any atom is -0.377 e. The molecule has 0 unspecified atom stereocenters. The van der Waals surface area contributed by atoms with Gasteiger partial charge in [0, 0.05) is 27.4 Å². The normalized spacial score (nSPS) is 12.0. The fourth-order valence-corrected chi connectivity index (χ4v) is 3.56. The predicted molar refractivity (Wildman–Crippen MR) is 68.5 cm³/mol. The van der Waals surface area contributed by atoms with Crippen LogP contribution in [-0.2, 0) is 13.3 Å². The Morgan fingerprint density at radius 2 is 1.27 bits per heavy atom. The fraction of sp³-hybridized carbons (Fsp3) is 1.00. The van der Waals surface area contributed by atoms with Gasteiger partial charge in [-0.2, -0.15) is 12.6 Å². The highest BCUT2D eigenvalue weighted by Gasteiger charge is 2.36. The van der Waals surface area contributed by atoms with E-state index in [9.17, 15) is 0 Å². The average molecular weight is 252 g/mol. The van der Waals surface area contributed by atoms with Crippen molar-refractivity contribution in [2.75, 3.05) is 27.1 Å². The third-order valence-corrected chi connectivity index (χ3v) is 5.72. The zero-order valence-corrected chi connectivity index (χ0v) is 12.0. The molecule has 0 bridgehead atoms. The summed E-state index contributed by atoms with van der Waals surface area (Å²) >= 11 is 4.18. The van der Waals surface area contributed by atoms with Crippen molar-refractivity contribution in [2.45, 2.75) is 38.1 Å². The summed E-state index contributed by atoms with van der Waals surface area (Å²) in [4.78, 5) is 0. The maximum Gasteiger partial charge on any atom is 0.500 e. The SMILES string of the molecule is CO[Si](CCCCCCCS)(OC)OC. The van der Waals surface area contributed by atoms with Crippen LogP contribution in [0.15, 0.2) is 0 Å². The van der Waals surface area contributed by atoms with Gasteiger partial charge in [0.2, 0.25) is 0 Å². The minimum atomic E-state index is -2.30. The summed E-state index contributed by atoms with van der Waals surface area (Å²) in [5.74, 6) is 0.993. The van der Waals surface area contributed by atoms with E-state index in [-0.39, 0.29) is 0 Å². The first-order valence-corrected chi connectivity index (χ1v) is 8.07. The monoisotopic (exact) mass is 252 g/mol. The first-order chi connectivity index (χ1) is 7.24. The Morgan fingerprint density at radius 3 is 1.73 bits per heavy atom. The van der Waals surface area contributed by atoms with Crippen molar-refractivity contribution >= 4 is 21.4 Å². The Bertz CT molecular complexity index is 134. The van der Waals surface area contributed by atoms with Gasteiger partial charge in [0.05, 0.1) is 0 Å². The molecule has 0 atom stereocenters. The van der Waals surface area contributed by atoms with Crippen molar-refractivity contribution in [1.82, 2.24) is 0 Å². The first kappa shape index (κ1) is 15.4. The van der Waals surface area contributed by atoms with Gasteiger partial charge in [-0.15, -0.1) is 0 Å². The Labute approximate surface area is 100 Å². The van der Waals surface area contributed by atoms with Gasteiger partial charge in [-0.05, 0) is 18.6 Å². The molecule has 15 heavy (non-hydrogen) atoms. The maximum atomic E-state index is 5.35. The Kier molecular flexibility index (Phi) is 9.94. The highest BCUT2D eigenvalue weighted by molar-refractivity contribution is 7.80. The van der Waals surface area contributed by atoms with Crippen molar-refractivity contribution in [3.05, 3.63) is 0 Å². The number of hydrogen-bond acceptors (Lipinski definition) is 4. The van der Waals surface area contributed by atoms with Gasteiger partial charge in [0.25, 0.3) is 0 Å². The standard InChI is InChI=1S/C10H24O3SSi/c1-11-15(12-2,13-3)10-8-6-4-5-7-9-14/h14H,4-10H2,1-3H3. The van der Waals surface area contributed by atoms with E-state index in [1.807, 2.05) is 0 Å². The topological polar surface area (TPSA) is 27.7 Å². The van der Waals surface area contributed by atoms with Gasteiger partial charge in [-0.1, -0.05) is 19.3 Å². The van der Waals surface area contributed by atoms with Crippen LogP contribution >= 0.6 is 12.6 Å². The smallest absolute Gasteiger partial charge is 0.377 e. The number of unbranched alkanes of at least 4 members (excludes halogenated alkanes) is 4. The average Bonchev–Trinajstić information content (AvgIpc) is 2.29. The van der Waals surface area contributed by atoms with E-state index in [0.29, 0.717) is 0 Å². The van der Waals surface area contributed by atoms with E-state index >= 15 is 0 Å². The van der Waals surface area contributed by atoms with Crippen LogP contribution in [0.2, 0.25) is 6.04 Å². The van der Waals surface area contributed by atoms with Crippen LogP contribution in [0.4, 0.5) is 0 Å². The van der Waals surface area contributed by atoms with Gasteiger partial charge in [-0.25, -0.2) is 0 Å². The molecule has 0 N–H and O–H groups in total. The Balaban J connectivity index is 3.54. The molecule has 0 fully saturated rings. The molecule has 3 nitrogen and oxygen atoms in total. The molecule has 0 saturated heterocycles. The van der Waals surface area contributed by atoms with Crippen molar-refractivity contribution < 1.29 is 13.3 Å². The largest absolute Gasteiger partial charge is 0.500 e. The molecule has 0 saturated carbocycles. The van der Waals surface area contributed by atoms with Crippen molar-refractivity contribution in [1.29, 1.82) is 0 Å². The highest BCUT2D eigenvalue weighted by atomic mass is 32.1. The summed E-state index contributed by atoms with van der Waals surface area (Å²) in [6.45, 7) is 0. The number of hydrogen-bond donors (Lipinski definition) is 1. The molecule has 0 heterocycles. The lowest BCUT2D eigenvalue weighted by Gasteiger charge is -2.24. The number of thiol groups is 1. The zero-order valence-electron chi connectivity index (χ0n) is 10.1. The second-order valence-electron chi connectivity index (χ2n) is 3.54. The molecule has 0 aromatic rings. The summed E-state index contributed by atoms with van der Waals surface area (Å²) in [6.07, 6.45) is 6.09. The lowest BCUT2D eigenvalue weighted by atomic mass is 10.2. The van der Waals surface area contributed by atoms with Crippen LogP contribution in [-0.4, -0.2) is 35.9 Å². The van der Waals surface area contributed by atoms with Crippen LogP contribution in [0, 0.1) is 0 Å². The molecule has 0 rings (SSSR count). The molecule has 0 aliphatic heterocycles. The molecule has 5 heteroatoms. The quantitative estimate of drug-likeness (QED) is 0.368. The van der Waals surface area contributed by atoms with Crippen LogP contribution in [0.1, 0.15) is 32.1 Å². The molecule has 0 aromatic carbocycles. The molecule has 0 aliphatic rings. The van der Waals surface area contributed by atoms with E-state index in [1.165, 1.54) is 25.7 Å². The maximum absolute atomic E-state index is 5.35. The van der Waals surface area contributed by atoms with Gasteiger partial charge in [-0.3, -0.25) is 0 Å². The van der Waals surface area contributed by atoms with Crippen LogP contribution < -0.4 is 0 Å². The third kappa shape index (κ3) is 6.58. The van der Waals surface area contributed by atoms with Gasteiger partial charge in [0.1, 0.15) is 0 Å². The molecular weight excluding hydrogens is 228 g/mol. The van der Waals surface area contributed by atoms with Crippen LogP contribution in [0.3, 0.4) is 0 Å². The third-order valence-electron chi connectivity index (χ3n) is 2.57. The van der Waals surface area contributed by atoms with Gasteiger partial charge < -0.3 is 13.3 Å². The fourth-order valence-electron chi connectivity index (χ4n) is 1.54. The molecule has 0 amide bonds. The van der Waals surface area contributed by atoms with Gasteiger partial charge in [0.15, 0.2) is 0 Å². The van der Waals surface area contributed by atoms with Gasteiger partial charge >= 0.3 is 8.80 Å². The van der Waals surface area contributed by atoms with E-state index in [4.69, 9.17) is 13.3 Å². The Morgan fingerprint density at radius 1 is 0.800 bits per heavy atom. The highest BCUT2D eigenvalue weighted by Crippen LogP contribution is 2.17. The molecule has 0 spiro atoms. The van der Waals surface area contributed by atoms with Crippen LogP contribution in [0.5, 0.6) is 0 Å². The molecule has 0 aliphatic carbocycles. The van der Waals surface area contributed by atoms with Crippen LogP contribution in [0.25, 0.3) is 0 Å². The molecule has 0 aromatic heterocycles. The lowest BCUT2D eigenvalue weighted by molar-refractivity contribution is 0.122.